The van der Waals surface area contributed by atoms with Gasteiger partial charge in [0.1, 0.15) is 0 Å². The van der Waals surface area contributed by atoms with E-state index in [4.69, 9.17) is 0 Å². The molecule has 0 aromatic heterocycles. The van der Waals surface area contributed by atoms with Crippen LogP contribution in [0.4, 0.5) is 0 Å². The molecule has 2 aromatic carbocycles. The molecule has 0 nitrogen and oxygen atoms in total. The van der Waals surface area contributed by atoms with Crippen LogP contribution in [0.2, 0.25) is 0 Å². The third kappa shape index (κ3) is 43.3. The molecule has 0 amide bonds. The van der Waals surface area contributed by atoms with Crippen molar-refractivity contribution in [1.82, 2.24) is 0 Å². The van der Waals surface area contributed by atoms with Crippen molar-refractivity contribution in [2.24, 2.45) is 0 Å². The number of hydrogen-bond donors (Lipinski definition) is 0. The average molecular weight is 429 g/mol. The van der Waals surface area contributed by atoms with E-state index in [1.54, 1.807) is 0 Å². The van der Waals surface area contributed by atoms with E-state index >= 15 is 0 Å². The van der Waals surface area contributed by atoms with E-state index in [-0.39, 0.29) is 0 Å². The quantitative estimate of drug-likeness (QED) is 0.348. The van der Waals surface area contributed by atoms with Crippen molar-refractivity contribution >= 4 is 0 Å². The zero-order chi connectivity index (χ0) is 23.8. The molecule has 0 aliphatic carbocycles. The molecular weight excluding hydrogens is 372 g/mol. The lowest BCUT2D eigenvalue weighted by atomic mass is 10.2. The van der Waals surface area contributed by atoms with Gasteiger partial charge >= 0.3 is 0 Å². The molecule has 0 atom stereocenters. The smallest absolute Gasteiger partial charge is 0.0398 e. The standard InChI is InChI=1S/C7H8.C7H16.C6H6.C6H14.C5H12/c1-7-5-3-2-4-6-7;1-3-5-7-6-4-2;1-2-4-6-5-3-1;1-3-5-6-4-2;1-3-5-4-2/h2-6H,1H3;3-7H2,1-2H3;1-6H;3-6H2,1-2H3;3-5H2,1-2H3. The molecule has 0 aliphatic heterocycles. The molecular formula is C31H56. The van der Waals surface area contributed by atoms with Gasteiger partial charge in [0.2, 0.25) is 0 Å². The Kier molecular flexibility index (Phi) is 39.4. The molecule has 2 rings (SSSR count). The van der Waals surface area contributed by atoms with Crippen LogP contribution in [0.5, 0.6) is 0 Å². The number of hydrogen-bond acceptors (Lipinski definition) is 0. The predicted octanol–water partition coefficient (Wildman–Crippen LogP) is 11.4. The summed E-state index contributed by atoms with van der Waals surface area (Å²) in [5.41, 5.74) is 1.32. The minimum absolute atomic E-state index is 1.32. The molecule has 0 bridgehead atoms. The van der Waals surface area contributed by atoms with Crippen molar-refractivity contribution in [2.45, 2.75) is 126 Å². The second kappa shape index (κ2) is 35.9. The van der Waals surface area contributed by atoms with E-state index in [1.165, 1.54) is 82.6 Å². The van der Waals surface area contributed by atoms with Gasteiger partial charge < -0.3 is 0 Å². The maximum absolute atomic E-state index is 2.25. The Bertz CT molecular complexity index is 423. The SMILES string of the molecule is CCCCC.CCCCCC.CCCCCCC.Cc1ccccc1.c1ccccc1. The minimum atomic E-state index is 1.32. The van der Waals surface area contributed by atoms with E-state index in [1.807, 2.05) is 54.6 Å². The molecule has 0 aliphatic rings. The summed E-state index contributed by atoms with van der Waals surface area (Å²) in [7, 11) is 0. The Morgan fingerprint density at radius 3 is 0.806 bits per heavy atom. The third-order valence-corrected chi connectivity index (χ3v) is 4.48. The summed E-state index contributed by atoms with van der Waals surface area (Å²) >= 11 is 0. The summed E-state index contributed by atoms with van der Waals surface area (Å²) in [5, 5.41) is 0. The maximum Gasteiger partial charge on any atom is -0.0398 e. The largest absolute Gasteiger partial charge is 0.0654 e. The lowest BCUT2D eigenvalue weighted by molar-refractivity contribution is 0.656. The number of aryl methyl sites for hydroxylation is 1. The summed E-state index contributed by atoms with van der Waals surface area (Å²) in [5.74, 6) is 0. The Hall–Kier alpha value is -1.56. The van der Waals surface area contributed by atoms with Crippen molar-refractivity contribution in [1.29, 1.82) is 0 Å². The molecule has 0 unspecified atom stereocenters. The fraction of sp³-hybridized carbons (Fsp3) is 0.613. The Balaban J connectivity index is -0.000000318. The number of unbranched alkanes of at least 4 members (excludes halogenated alkanes) is 9. The van der Waals surface area contributed by atoms with Gasteiger partial charge in [-0.1, -0.05) is 191 Å². The lowest BCUT2D eigenvalue weighted by Gasteiger charge is -1.90. The van der Waals surface area contributed by atoms with Gasteiger partial charge in [0.15, 0.2) is 0 Å². The first-order valence-electron chi connectivity index (χ1n) is 13.2. The Morgan fingerprint density at radius 2 is 0.613 bits per heavy atom. The zero-order valence-corrected chi connectivity index (χ0v) is 22.3. The minimum Gasteiger partial charge on any atom is -0.0654 e. The van der Waals surface area contributed by atoms with Gasteiger partial charge in [-0.25, -0.2) is 0 Å². The van der Waals surface area contributed by atoms with Gasteiger partial charge in [-0.3, -0.25) is 0 Å². The molecule has 0 heteroatoms. The molecule has 31 heavy (non-hydrogen) atoms. The van der Waals surface area contributed by atoms with Gasteiger partial charge in [0.05, 0.1) is 0 Å². The maximum atomic E-state index is 2.25. The number of benzene rings is 2. The zero-order valence-electron chi connectivity index (χ0n) is 22.3. The summed E-state index contributed by atoms with van der Waals surface area (Å²) in [4.78, 5) is 0. The fourth-order valence-corrected chi connectivity index (χ4v) is 2.45. The number of rotatable bonds is 9. The molecule has 0 saturated carbocycles. The van der Waals surface area contributed by atoms with Crippen LogP contribution in [0.3, 0.4) is 0 Å². The third-order valence-electron chi connectivity index (χ3n) is 4.48. The van der Waals surface area contributed by atoms with Crippen molar-refractivity contribution in [3.8, 4) is 0 Å². The van der Waals surface area contributed by atoms with Crippen LogP contribution >= 0.6 is 0 Å². The molecule has 0 saturated heterocycles. The summed E-state index contributed by atoms with van der Waals surface area (Å²) < 4.78 is 0. The van der Waals surface area contributed by atoms with Crippen LogP contribution < -0.4 is 0 Å². The molecule has 0 N–H and O–H groups in total. The van der Waals surface area contributed by atoms with Crippen molar-refractivity contribution in [3.63, 3.8) is 0 Å². The summed E-state index contributed by atoms with van der Waals surface area (Å²) in [6.45, 7) is 15.5. The molecule has 0 heterocycles. The van der Waals surface area contributed by atoms with Crippen LogP contribution in [-0.2, 0) is 0 Å². The molecule has 0 radical (unpaired) electrons. The predicted molar refractivity (Wildman–Crippen MR) is 147 cm³/mol. The highest BCUT2D eigenvalue weighted by Gasteiger charge is 1.80. The van der Waals surface area contributed by atoms with Crippen LogP contribution in [0, 0.1) is 6.92 Å². The second-order valence-electron chi connectivity index (χ2n) is 7.93. The topological polar surface area (TPSA) is 0 Å². The Labute approximate surface area is 197 Å². The van der Waals surface area contributed by atoms with Crippen LogP contribution in [0.25, 0.3) is 0 Å². The monoisotopic (exact) mass is 428 g/mol. The average Bonchev–Trinajstić information content (AvgIpc) is 2.82. The normalized spacial score (nSPS) is 8.74. The van der Waals surface area contributed by atoms with Gasteiger partial charge in [0.25, 0.3) is 0 Å². The van der Waals surface area contributed by atoms with Gasteiger partial charge in [-0.2, -0.15) is 0 Å². The highest BCUT2D eigenvalue weighted by Crippen LogP contribution is 2.00. The van der Waals surface area contributed by atoms with E-state index in [0.29, 0.717) is 0 Å². The van der Waals surface area contributed by atoms with Gasteiger partial charge in [-0.15, -0.1) is 0 Å². The first kappa shape index (κ1) is 34.1. The van der Waals surface area contributed by atoms with Crippen molar-refractivity contribution in [2.75, 3.05) is 0 Å². The van der Waals surface area contributed by atoms with Gasteiger partial charge in [-0.05, 0) is 6.92 Å². The lowest BCUT2D eigenvalue weighted by Crippen LogP contribution is -1.70. The highest BCUT2D eigenvalue weighted by molar-refractivity contribution is 5.11. The highest BCUT2D eigenvalue weighted by atomic mass is 13.9. The van der Waals surface area contributed by atoms with E-state index in [2.05, 4.69) is 60.6 Å². The molecule has 0 fully saturated rings. The molecule has 2 aromatic rings. The van der Waals surface area contributed by atoms with Gasteiger partial charge in [0, 0.05) is 0 Å². The first-order valence-corrected chi connectivity index (χ1v) is 13.2. The Morgan fingerprint density at radius 1 is 0.355 bits per heavy atom. The molecule has 0 spiro atoms. The fourth-order valence-electron chi connectivity index (χ4n) is 2.45. The van der Waals surface area contributed by atoms with Crippen LogP contribution in [0.15, 0.2) is 66.7 Å². The first-order chi connectivity index (χ1) is 15.1. The van der Waals surface area contributed by atoms with E-state index < -0.39 is 0 Å². The van der Waals surface area contributed by atoms with E-state index in [9.17, 15) is 0 Å². The summed E-state index contributed by atoms with van der Waals surface area (Å²) in [6.07, 6.45) is 16.6. The van der Waals surface area contributed by atoms with E-state index in [0.717, 1.165) is 0 Å². The van der Waals surface area contributed by atoms with Crippen LogP contribution in [0.1, 0.15) is 124 Å². The summed E-state index contributed by atoms with van der Waals surface area (Å²) in [6, 6.07) is 22.3. The second-order valence-corrected chi connectivity index (χ2v) is 7.93. The van der Waals surface area contributed by atoms with Crippen LogP contribution in [-0.4, -0.2) is 0 Å². The van der Waals surface area contributed by atoms with Crippen molar-refractivity contribution in [3.05, 3.63) is 72.3 Å². The van der Waals surface area contributed by atoms with Crippen molar-refractivity contribution < 1.29 is 0 Å². The molecule has 180 valence electrons.